The smallest absolute Gasteiger partial charge is 0.0455 e. The molecule has 120 valence electrons. The molecule has 24 heavy (non-hydrogen) atoms. The quantitative estimate of drug-likeness (QED) is 0.535. The lowest BCUT2D eigenvalue weighted by Crippen LogP contribution is -2.43. The van der Waals surface area contributed by atoms with Gasteiger partial charge in [0.05, 0.1) is 0 Å². The molecule has 1 fully saturated rings. The molecule has 2 aromatic carbocycles. The number of piperazine rings is 1. The molecule has 1 N–H and O–H groups in total. The summed E-state index contributed by atoms with van der Waals surface area (Å²) in [6.45, 7) is 4.32. The zero-order valence-corrected chi connectivity index (χ0v) is 14.9. The van der Waals surface area contributed by atoms with Crippen molar-refractivity contribution in [3.05, 3.63) is 53.9 Å². The maximum Gasteiger partial charge on any atom is 0.0455 e. The fourth-order valence-electron chi connectivity index (χ4n) is 3.57. The third-order valence-electron chi connectivity index (χ3n) is 4.76. The second-order valence-corrected chi connectivity index (χ2v) is 8.21. The Kier molecular flexibility index (Phi) is 3.55. The van der Waals surface area contributed by atoms with E-state index in [4.69, 9.17) is 0 Å². The van der Waals surface area contributed by atoms with E-state index in [9.17, 15) is 0 Å². The van der Waals surface area contributed by atoms with Crippen LogP contribution in [0.3, 0.4) is 0 Å². The minimum Gasteiger partial charge on any atom is -0.368 e. The molecule has 4 aromatic rings. The lowest BCUT2D eigenvalue weighted by atomic mass is 10.1. The van der Waals surface area contributed by atoms with Gasteiger partial charge >= 0.3 is 0 Å². The summed E-state index contributed by atoms with van der Waals surface area (Å²) in [5, 5.41) is 8.40. The first-order valence-corrected chi connectivity index (χ1v) is 10.0. The van der Waals surface area contributed by atoms with Crippen molar-refractivity contribution in [3.8, 4) is 10.4 Å². The van der Waals surface area contributed by atoms with E-state index in [-0.39, 0.29) is 0 Å². The predicted octanol–water partition coefficient (Wildman–Crippen LogP) is 5.19. The van der Waals surface area contributed by atoms with Gasteiger partial charge in [0.2, 0.25) is 0 Å². The first-order valence-electron chi connectivity index (χ1n) is 8.35. The third kappa shape index (κ3) is 2.34. The molecule has 0 saturated carbocycles. The highest BCUT2D eigenvalue weighted by molar-refractivity contribution is 7.22. The fraction of sp³-hybridized carbons (Fsp3) is 0.200. The van der Waals surface area contributed by atoms with E-state index < -0.39 is 0 Å². The summed E-state index contributed by atoms with van der Waals surface area (Å²) >= 11 is 3.73. The summed E-state index contributed by atoms with van der Waals surface area (Å²) in [6, 6.07) is 18.0. The number of benzene rings is 2. The molecule has 0 amide bonds. The van der Waals surface area contributed by atoms with E-state index in [2.05, 4.69) is 64.1 Å². The van der Waals surface area contributed by atoms with Gasteiger partial charge in [-0.15, -0.1) is 22.7 Å². The number of rotatable bonds is 2. The van der Waals surface area contributed by atoms with Crippen LogP contribution < -0.4 is 10.2 Å². The van der Waals surface area contributed by atoms with Gasteiger partial charge in [0.25, 0.3) is 0 Å². The number of hydrogen-bond donors (Lipinski definition) is 1. The van der Waals surface area contributed by atoms with Gasteiger partial charge in [-0.3, -0.25) is 0 Å². The van der Waals surface area contributed by atoms with Gasteiger partial charge in [-0.05, 0) is 35.7 Å². The summed E-state index contributed by atoms with van der Waals surface area (Å²) in [6.07, 6.45) is 0. The van der Waals surface area contributed by atoms with Crippen molar-refractivity contribution in [2.45, 2.75) is 0 Å². The number of hydrogen-bond acceptors (Lipinski definition) is 4. The average Bonchev–Trinajstić information content (AvgIpc) is 3.28. The molecule has 0 bridgehead atoms. The van der Waals surface area contributed by atoms with E-state index in [1.807, 2.05) is 22.7 Å². The van der Waals surface area contributed by atoms with Crippen LogP contribution in [0.15, 0.2) is 53.9 Å². The molecule has 3 heterocycles. The summed E-state index contributed by atoms with van der Waals surface area (Å²) in [7, 11) is 0. The summed E-state index contributed by atoms with van der Waals surface area (Å²) in [5.41, 5.74) is 2.75. The SMILES string of the molecule is c1cc(-c2cc3c(N4CCNCC4)cccc3s2)c2ccsc2c1. The van der Waals surface area contributed by atoms with Crippen molar-refractivity contribution in [2.75, 3.05) is 31.1 Å². The van der Waals surface area contributed by atoms with Crippen LogP contribution in [0.1, 0.15) is 0 Å². The van der Waals surface area contributed by atoms with Crippen LogP contribution in [0.4, 0.5) is 5.69 Å². The second-order valence-electron chi connectivity index (χ2n) is 6.17. The fourth-order valence-corrected chi connectivity index (χ4v) is 5.50. The first kappa shape index (κ1) is 14.5. The van der Waals surface area contributed by atoms with Gasteiger partial charge in [-0.25, -0.2) is 0 Å². The lowest BCUT2D eigenvalue weighted by molar-refractivity contribution is 0.590. The van der Waals surface area contributed by atoms with Gasteiger partial charge in [-0.2, -0.15) is 0 Å². The Morgan fingerprint density at radius 1 is 0.875 bits per heavy atom. The Bertz CT molecular complexity index is 1010. The molecular formula is C20H18N2S2. The molecule has 0 radical (unpaired) electrons. The molecule has 4 heteroatoms. The molecule has 2 aromatic heterocycles. The predicted molar refractivity (Wildman–Crippen MR) is 108 cm³/mol. The van der Waals surface area contributed by atoms with Gasteiger partial charge in [0.15, 0.2) is 0 Å². The topological polar surface area (TPSA) is 15.3 Å². The maximum atomic E-state index is 3.44. The van der Waals surface area contributed by atoms with Gasteiger partial charge < -0.3 is 10.2 Å². The van der Waals surface area contributed by atoms with Crippen LogP contribution in [0.25, 0.3) is 30.6 Å². The maximum absolute atomic E-state index is 3.44. The van der Waals surface area contributed by atoms with Crippen molar-refractivity contribution in [1.29, 1.82) is 0 Å². The van der Waals surface area contributed by atoms with Crippen LogP contribution in [0, 0.1) is 0 Å². The molecule has 0 spiro atoms. The summed E-state index contributed by atoms with van der Waals surface area (Å²) in [4.78, 5) is 3.89. The Morgan fingerprint density at radius 2 is 1.71 bits per heavy atom. The van der Waals surface area contributed by atoms with Crippen LogP contribution in [-0.4, -0.2) is 26.2 Å². The molecule has 0 aliphatic carbocycles. The highest BCUT2D eigenvalue weighted by Gasteiger charge is 2.16. The number of thiophene rings is 2. The van der Waals surface area contributed by atoms with Gasteiger partial charge in [0, 0.05) is 62.5 Å². The van der Waals surface area contributed by atoms with E-state index in [1.165, 1.54) is 36.3 Å². The van der Waals surface area contributed by atoms with Crippen molar-refractivity contribution < 1.29 is 0 Å². The van der Waals surface area contributed by atoms with E-state index in [0.717, 1.165) is 26.2 Å². The van der Waals surface area contributed by atoms with Crippen LogP contribution in [0.5, 0.6) is 0 Å². The summed E-state index contributed by atoms with van der Waals surface area (Å²) < 4.78 is 2.75. The Morgan fingerprint density at radius 3 is 2.62 bits per heavy atom. The van der Waals surface area contributed by atoms with Crippen LogP contribution in [-0.2, 0) is 0 Å². The molecule has 1 aliphatic heterocycles. The number of nitrogens with one attached hydrogen (secondary N) is 1. The van der Waals surface area contributed by atoms with Gasteiger partial charge in [-0.1, -0.05) is 18.2 Å². The zero-order valence-electron chi connectivity index (χ0n) is 13.3. The number of fused-ring (bicyclic) bond motifs is 2. The zero-order chi connectivity index (χ0) is 15.9. The lowest BCUT2D eigenvalue weighted by Gasteiger charge is -2.30. The van der Waals surface area contributed by atoms with Crippen LogP contribution >= 0.6 is 22.7 Å². The van der Waals surface area contributed by atoms with Crippen molar-refractivity contribution in [1.82, 2.24) is 5.32 Å². The first-order chi connectivity index (χ1) is 11.9. The molecule has 2 nitrogen and oxygen atoms in total. The van der Waals surface area contributed by atoms with Crippen molar-refractivity contribution in [2.24, 2.45) is 0 Å². The normalized spacial score (nSPS) is 15.4. The molecule has 1 saturated heterocycles. The molecule has 1 aliphatic rings. The minimum atomic E-state index is 1.07. The molecule has 0 unspecified atom stereocenters. The number of anilines is 1. The molecular weight excluding hydrogens is 332 g/mol. The highest BCUT2D eigenvalue weighted by Crippen LogP contribution is 2.41. The molecule has 5 rings (SSSR count). The van der Waals surface area contributed by atoms with Crippen molar-refractivity contribution in [3.63, 3.8) is 0 Å². The van der Waals surface area contributed by atoms with E-state index in [0.29, 0.717) is 0 Å². The second kappa shape index (κ2) is 5.88. The molecule has 0 atom stereocenters. The average molecular weight is 351 g/mol. The summed E-state index contributed by atoms with van der Waals surface area (Å²) in [5.74, 6) is 0. The van der Waals surface area contributed by atoms with Crippen molar-refractivity contribution >= 4 is 48.5 Å². The highest BCUT2D eigenvalue weighted by atomic mass is 32.1. The monoisotopic (exact) mass is 350 g/mol. The number of nitrogens with zero attached hydrogens (tertiary/aromatic N) is 1. The van der Waals surface area contributed by atoms with E-state index in [1.54, 1.807) is 0 Å². The Balaban J connectivity index is 1.67. The minimum absolute atomic E-state index is 1.07. The van der Waals surface area contributed by atoms with E-state index >= 15 is 0 Å². The van der Waals surface area contributed by atoms with Crippen LogP contribution in [0.2, 0.25) is 0 Å². The standard InChI is InChI=1S/C20H18N2S2/c1-3-14(15-7-12-23-18(15)5-1)20-13-16-17(4-2-6-19(16)24-20)22-10-8-21-9-11-22/h1-7,12-13,21H,8-11H2. The largest absolute Gasteiger partial charge is 0.368 e. The Labute approximate surface area is 149 Å². The van der Waals surface area contributed by atoms with Gasteiger partial charge in [0.1, 0.15) is 0 Å². The Hall–Kier alpha value is -1.88. The third-order valence-corrected chi connectivity index (χ3v) is 6.77.